The molecule has 0 spiro atoms. The number of carbonyl (C=O) groups excluding carboxylic acids is 2. The van der Waals surface area contributed by atoms with Crippen LogP contribution in [0.5, 0.6) is 17.2 Å². The molecule has 0 saturated heterocycles. The van der Waals surface area contributed by atoms with Crippen LogP contribution in [0.15, 0.2) is 36.4 Å². The summed E-state index contributed by atoms with van der Waals surface area (Å²) in [5.41, 5.74) is 1.33. The number of methoxy groups -OCH3 is 3. The molecule has 0 bridgehead atoms. The van der Waals surface area contributed by atoms with Crippen LogP contribution in [0.3, 0.4) is 0 Å². The maximum absolute atomic E-state index is 12.1. The molecular formula is C20H22ClNO5. The molecule has 2 aromatic carbocycles. The second-order valence-corrected chi connectivity index (χ2v) is 6.18. The first-order chi connectivity index (χ1) is 13.0. The third kappa shape index (κ3) is 5.62. The topological polar surface area (TPSA) is 73.9 Å². The van der Waals surface area contributed by atoms with Crippen LogP contribution < -0.4 is 19.5 Å². The molecule has 144 valence electrons. The van der Waals surface area contributed by atoms with Gasteiger partial charge in [0.15, 0.2) is 17.3 Å². The molecule has 27 heavy (non-hydrogen) atoms. The molecule has 0 atom stereocenters. The number of carbonyl (C=O) groups is 2. The molecule has 7 heteroatoms. The maximum atomic E-state index is 12.1. The Kier molecular flexibility index (Phi) is 7.49. The van der Waals surface area contributed by atoms with E-state index in [9.17, 15) is 9.59 Å². The number of benzene rings is 2. The highest BCUT2D eigenvalue weighted by Gasteiger charge is 2.14. The van der Waals surface area contributed by atoms with E-state index in [2.05, 4.69) is 5.32 Å². The number of ether oxygens (including phenoxy) is 3. The second kappa shape index (κ2) is 9.83. The molecule has 0 radical (unpaired) electrons. The van der Waals surface area contributed by atoms with Gasteiger partial charge >= 0.3 is 0 Å². The number of nitrogens with one attached hydrogen (secondary N) is 1. The average Bonchev–Trinajstić information content (AvgIpc) is 2.69. The van der Waals surface area contributed by atoms with E-state index in [-0.39, 0.29) is 31.1 Å². The molecule has 0 fully saturated rings. The molecular weight excluding hydrogens is 370 g/mol. The van der Waals surface area contributed by atoms with Gasteiger partial charge in [-0.25, -0.2) is 0 Å². The lowest BCUT2D eigenvalue weighted by molar-refractivity contribution is -0.121. The molecule has 1 amide bonds. The van der Waals surface area contributed by atoms with Crippen molar-refractivity contribution >= 4 is 23.3 Å². The molecule has 0 heterocycles. The smallest absolute Gasteiger partial charge is 0.220 e. The van der Waals surface area contributed by atoms with E-state index in [0.29, 0.717) is 27.8 Å². The summed E-state index contributed by atoms with van der Waals surface area (Å²) in [6.45, 7) is 0.282. The second-order valence-electron chi connectivity index (χ2n) is 5.74. The summed E-state index contributed by atoms with van der Waals surface area (Å²) < 4.78 is 15.9. The highest BCUT2D eigenvalue weighted by atomic mass is 35.5. The van der Waals surface area contributed by atoms with Crippen molar-refractivity contribution in [2.45, 2.75) is 19.4 Å². The molecule has 1 N–H and O–H groups in total. The molecule has 0 unspecified atom stereocenters. The molecule has 0 aliphatic rings. The Balaban J connectivity index is 1.91. The lowest BCUT2D eigenvalue weighted by Crippen LogP contribution is -2.23. The van der Waals surface area contributed by atoms with Crippen molar-refractivity contribution in [2.75, 3.05) is 21.3 Å². The Hall–Kier alpha value is -2.73. The summed E-state index contributed by atoms with van der Waals surface area (Å²) >= 11 is 5.80. The molecule has 0 aromatic heterocycles. The van der Waals surface area contributed by atoms with Crippen molar-refractivity contribution in [1.82, 2.24) is 5.32 Å². The minimum Gasteiger partial charge on any atom is -0.493 e. The standard InChI is InChI=1S/C20H22ClNO5/c1-25-17-10-13(11-18(26-2)20(17)27-3)12-22-19(24)9-8-16(23)14-4-6-15(21)7-5-14/h4-7,10-11H,8-9,12H2,1-3H3,(H,22,24). The molecule has 2 rings (SSSR count). The summed E-state index contributed by atoms with van der Waals surface area (Å²) in [7, 11) is 4.59. The van der Waals surface area contributed by atoms with Gasteiger partial charge in [-0.05, 0) is 42.0 Å². The predicted octanol–water partition coefficient (Wildman–Crippen LogP) is 3.65. The van der Waals surface area contributed by atoms with E-state index in [1.165, 1.54) is 21.3 Å². The Morgan fingerprint density at radius 3 is 2.04 bits per heavy atom. The molecule has 0 aliphatic carbocycles. The largest absolute Gasteiger partial charge is 0.493 e. The van der Waals surface area contributed by atoms with Crippen LogP contribution in [0.1, 0.15) is 28.8 Å². The van der Waals surface area contributed by atoms with Crippen LogP contribution in [0, 0.1) is 0 Å². The van der Waals surface area contributed by atoms with Crippen LogP contribution in [0.4, 0.5) is 0 Å². The zero-order valence-corrected chi connectivity index (χ0v) is 16.3. The Morgan fingerprint density at radius 2 is 1.52 bits per heavy atom. The molecule has 0 aliphatic heterocycles. The monoisotopic (exact) mass is 391 g/mol. The van der Waals surface area contributed by atoms with E-state index < -0.39 is 0 Å². The highest BCUT2D eigenvalue weighted by molar-refractivity contribution is 6.30. The van der Waals surface area contributed by atoms with Crippen molar-refractivity contribution in [3.8, 4) is 17.2 Å². The van der Waals surface area contributed by atoms with Gasteiger partial charge in [0, 0.05) is 30.0 Å². The Labute approximate surface area is 163 Å². The highest BCUT2D eigenvalue weighted by Crippen LogP contribution is 2.38. The minimum atomic E-state index is -0.217. The molecule has 0 saturated carbocycles. The van der Waals surface area contributed by atoms with Gasteiger partial charge in [-0.15, -0.1) is 0 Å². The number of Topliss-reactive ketones (excluding diaryl/α,β-unsaturated/α-hetero) is 1. The summed E-state index contributed by atoms with van der Waals surface area (Å²) in [4.78, 5) is 24.2. The van der Waals surface area contributed by atoms with Crippen molar-refractivity contribution in [3.05, 3.63) is 52.5 Å². The number of ketones is 1. The van der Waals surface area contributed by atoms with E-state index >= 15 is 0 Å². The van der Waals surface area contributed by atoms with E-state index in [4.69, 9.17) is 25.8 Å². The maximum Gasteiger partial charge on any atom is 0.220 e. The van der Waals surface area contributed by atoms with Gasteiger partial charge < -0.3 is 19.5 Å². The number of hydrogen-bond donors (Lipinski definition) is 1. The van der Waals surface area contributed by atoms with Crippen LogP contribution >= 0.6 is 11.6 Å². The first kappa shape index (κ1) is 20.6. The first-order valence-electron chi connectivity index (χ1n) is 8.32. The zero-order chi connectivity index (χ0) is 19.8. The molecule has 2 aromatic rings. The number of rotatable bonds is 9. The SMILES string of the molecule is COc1cc(CNC(=O)CCC(=O)c2ccc(Cl)cc2)cc(OC)c1OC. The molecule has 6 nitrogen and oxygen atoms in total. The number of amides is 1. The fourth-order valence-electron chi connectivity index (χ4n) is 2.53. The Bertz CT molecular complexity index is 780. The van der Waals surface area contributed by atoms with Crippen molar-refractivity contribution in [2.24, 2.45) is 0 Å². The fraction of sp³-hybridized carbons (Fsp3) is 0.300. The lowest BCUT2D eigenvalue weighted by Gasteiger charge is -2.14. The average molecular weight is 392 g/mol. The third-order valence-corrected chi connectivity index (χ3v) is 4.21. The van der Waals surface area contributed by atoms with Gasteiger partial charge in [0.1, 0.15) is 0 Å². The predicted molar refractivity (Wildman–Crippen MR) is 103 cm³/mol. The van der Waals surface area contributed by atoms with Gasteiger partial charge in [0.25, 0.3) is 0 Å². The summed E-state index contributed by atoms with van der Waals surface area (Å²) in [5.74, 6) is 1.20. The normalized spacial score (nSPS) is 10.2. The Morgan fingerprint density at radius 1 is 0.926 bits per heavy atom. The van der Waals surface area contributed by atoms with Gasteiger partial charge in [0.05, 0.1) is 21.3 Å². The van der Waals surface area contributed by atoms with Crippen molar-refractivity contribution < 1.29 is 23.8 Å². The van der Waals surface area contributed by atoms with Crippen molar-refractivity contribution in [3.63, 3.8) is 0 Å². The summed E-state index contributed by atoms with van der Waals surface area (Å²) in [6.07, 6.45) is 0.231. The number of hydrogen-bond acceptors (Lipinski definition) is 5. The number of halogens is 1. The van der Waals surface area contributed by atoms with Gasteiger partial charge in [-0.2, -0.15) is 0 Å². The third-order valence-electron chi connectivity index (χ3n) is 3.96. The van der Waals surface area contributed by atoms with Crippen LogP contribution in [0.2, 0.25) is 5.02 Å². The van der Waals surface area contributed by atoms with E-state index in [1.54, 1.807) is 36.4 Å². The fourth-order valence-corrected chi connectivity index (χ4v) is 2.66. The van der Waals surface area contributed by atoms with Crippen molar-refractivity contribution in [1.29, 1.82) is 0 Å². The van der Waals surface area contributed by atoms with Crippen LogP contribution in [0.25, 0.3) is 0 Å². The summed E-state index contributed by atoms with van der Waals surface area (Å²) in [5, 5.41) is 3.36. The van der Waals surface area contributed by atoms with Gasteiger partial charge in [-0.1, -0.05) is 11.6 Å². The van der Waals surface area contributed by atoms with E-state index in [0.717, 1.165) is 5.56 Å². The van der Waals surface area contributed by atoms with Crippen LogP contribution in [-0.4, -0.2) is 33.0 Å². The van der Waals surface area contributed by atoms with Gasteiger partial charge in [-0.3, -0.25) is 9.59 Å². The first-order valence-corrected chi connectivity index (χ1v) is 8.70. The quantitative estimate of drug-likeness (QED) is 0.660. The minimum absolute atomic E-state index is 0.102. The van der Waals surface area contributed by atoms with Gasteiger partial charge in [0.2, 0.25) is 11.7 Å². The lowest BCUT2D eigenvalue weighted by atomic mass is 10.1. The van der Waals surface area contributed by atoms with E-state index in [1.807, 2.05) is 0 Å². The van der Waals surface area contributed by atoms with Crippen LogP contribution in [-0.2, 0) is 11.3 Å². The summed E-state index contributed by atoms with van der Waals surface area (Å²) in [6, 6.07) is 10.1. The zero-order valence-electron chi connectivity index (χ0n) is 15.5.